The van der Waals surface area contributed by atoms with Gasteiger partial charge in [-0.3, -0.25) is 0 Å². The van der Waals surface area contributed by atoms with Crippen molar-refractivity contribution in [2.45, 2.75) is 13.3 Å². The van der Waals surface area contributed by atoms with Crippen LogP contribution in [-0.2, 0) is 6.42 Å². The van der Waals surface area contributed by atoms with E-state index in [9.17, 15) is 0 Å². The number of benzene rings is 1. The summed E-state index contributed by atoms with van der Waals surface area (Å²) in [5.41, 5.74) is 2.50. The zero-order valence-corrected chi connectivity index (χ0v) is 8.25. The number of H-pyrrole nitrogens is 1. The highest BCUT2D eigenvalue weighted by Gasteiger charge is 2.05. The quantitative estimate of drug-likeness (QED) is 0.689. The number of hydrogen-bond acceptors (Lipinski definition) is 0. The summed E-state index contributed by atoms with van der Waals surface area (Å²) >= 11 is 0. The van der Waals surface area contributed by atoms with Crippen molar-refractivity contribution in [2.24, 2.45) is 5.92 Å². The van der Waals surface area contributed by atoms with E-state index < -0.39 is 0 Å². The Kier molecular flexibility index (Phi) is 2.28. The Morgan fingerprint density at radius 1 is 1.43 bits per heavy atom. The number of aromatic nitrogens is 1. The molecule has 2 rings (SSSR count). The topological polar surface area (TPSA) is 15.8 Å². The van der Waals surface area contributed by atoms with Gasteiger partial charge in [0.15, 0.2) is 0 Å². The lowest BCUT2D eigenvalue weighted by atomic mass is 10.0. The minimum atomic E-state index is 0.300. The zero-order valence-electron chi connectivity index (χ0n) is 8.25. The van der Waals surface area contributed by atoms with Gasteiger partial charge in [0.25, 0.3) is 0 Å². The fourth-order valence-electron chi connectivity index (χ4n) is 1.69. The highest BCUT2D eigenvalue weighted by Crippen LogP contribution is 2.20. The van der Waals surface area contributed by atoms with E-state index in [1.54, 1.807) is 0 Å². The molecule has 0 saturated carbocycles. The summed E-state index contributed by atoms with van der Waals surface area (Å²) in [5.74, 6) is 3.05. The molecular weight excluding hydrogens is 170 g/mol. The van der Waals surface area contributed by atoms with Crippen molar-refractivity contribution >= 4 is 10.9 Å². The summed E-state index contributed by atoms with van der Waals surface area (Å²) in [7, 11) is 0. The molecule has 2 aromatic rings. The molecule has 0 aliphatic carbocycles. The second-order valence-corrected chi connectivity index (χ2v) is 3.63. The molecule has 0 aliphatic heterocycles. The van der Waals surface area contributed by atoms with Crippen molar-refractivity contribution in [2.75, 3.05) is 0 Å². The molecule has 1 N–H and O–H groups in total. The standard InChI is InChI=1S/C13H13N/c1-3-10(2)8-11-9-14-13-7-5-4-6-12(11)13/h1,4-7,9-10,14H,8H2,2H3. The van der Waals surface area contributed by atoms with Crippen LogP contribution in [0.25, 0.3) is 10.9 Å². The van der Waals surface area contributed by atoms with Crippen LogP contribution in [0.3, 0.4) is 0 Å². The lowest BCUT2D eigenvalue weighted by Gasteiger charge is -2.01. The summed E-state index contributed by atoms with van der Waals surface area (Å²) in [4.78, 5) is 3.25. The Hall–Kier alpha value is -1.68. The van der Waals surface area contributed by atoms with E-state index in [-0.39, 0.29) is 0 Å². The molecule has 1 atom stereocenters. The first-order valence-corrected chi connectivity index (χ1v) is 4.82. The van der Waals surface area contributed by atoms with Crippen LogP contribution in [0, 0.1) is 18.3 Å². The minimum absolute atomic E-state index is 0.300. The Morgan fingerprint density at radius 3 is 3.00 bits per heavy atom. The maximum Gasteiger partial charge on any atom is 0.0456 e. The number of nitrogens with one attached hydrogen (secondary N) is 1. The largest absolute Gasteiger partial charge is 0.361 e. The van der Waals surface area contributed by atoms with Gasteiger partial charge in [0, 0.05) is 23.0 Å². The van der Waals surface area contributed by atoms with Crippen LogP contribution in [-0.4, -0.2) is 4.98 Å². The summed E-state index contributed by atoms with van der Waals surface area (Å²) in [5, 5.41) is 1.29. The molecule has 0 aliphatic rings. The Labute approximate surface area is 84.1 Å². The third-order valence-corrected chi connectivity index (χ3v) is 2.49. The van der Waals surface area contributed by atoms with Gasteiger partial charge in [0.2, 0.25) is 0 Å². The molecule has 1 nitrogen and oxygen atoms in total. The Morgan fingerprint density at radius 2 is 2.21 bits per heavy atom. The fraction of sp³-hybridized carbons (Fsp3) is 0.231. The van der Waals surface area contributed by atoms with Crippen molar-refractivity contribution in [3.63, 3.8) is 0 Å². The van der Waals surface area contributed by atoms with Gasteiger partial charge in [0.1, 0.15) is 0 Å². The second kappa shape index (κ2) is 3.59. The van der Waals surface area contributed by atoms with Crippen molar-refractivity contribution in [1.82, 2.24) is 4.98 Å². The minimum Gasteiger partial charge on any atom is -0.361 e. The summed E-state index contributed by atoms with van der Waals surface area (Å²) in [6.45, 7) is 2.07. The third kappa shape index (κ3) is 1.52. The molecule has 14 heavy (non-hydrogen) atoms. The summed E-state index contributed by atoms with van der Waals surface area (Å²) in [6.07, 6.45) is 8.37. The third-order valence-electron chi connectivity index (χ3n) is 2.49. The van der Waals surface area contributed by atoms with Gasteiger partial charge in [-0.1, -0.05) is 25.1 Å². The van der Waals surface area contributed by atoms with E-state index in [1.165, 1.54) is 16.5 Å². The van der Waals surface area contributed by atoms with Crippen LogP contribution in [0.15, 0.2) is 30.5 Å². The number of aromatic amines is 1. The van der Waals surface area contributed by atoms with Crippen molar-refractivity contribution < 1.29 is 0 Å². The molecule has 0 fully saturated rings. The average Bonchev–Trinajstić information content (AvgIpc) is 2.62. The molecule has 0 amide bonds. The molecule has 0 saturated heterocycles. The normalized spacial score (nSPS) is 12.6. The van der Waals surface area contributed by atoms with Crippen LogP contribution in [0.4, 0.5) is 0 Å². The van der Waals surface area contributed by atoms with Crippen LogP contribution in [0.2, 0.25) is 0 Å². The highest BCUT2D eigenvalue weighted by atomic mass is 14.7. The maximum absolute atomic E-state index is 5.37. The first-order valence-electron chi connectivity index (χ1n) is 4.82. The molecule has 1 unspecified atom stereocenters. The van der Waals surface area contributed by atoms with Crippen LogP contribution in [0.1, 0.15) is 12.5 Å². The van der Waals surface area contributed by atoms with E-state index in [0.717, 1.165) is 6.42 Å². The van der Waals surface area contributed by atoms with Crippen LogP contribution < -0.4 is 0 Å². The monoisotopic (exact) mass is 183 g/mol. The lowest BCUT2D eigenvalue weighted by Crippen LogP contribution is -1.94. The van der Waals surface area contributed by atoms with E-state index in [2.05, 4.69) is 42.2 Å². The second-order valence-electron chi connectivity index (χ2n) is 3.63. The van der Waals surface area contributed by atoms with Crippen molar-refractivity contribution in [3.05, 3.63) is 36.0 Å². The molecule has 1 aromatic carbocycles. The van der Waals surface area contributed by atoms with Gasteiger partial charge in [-0.05, 0) is 18.1 Å². The molecule has 1 heteroatoms. The predicted molar refractivity (Wildman–Crippen MR) is 60.0 cm³/mol. The molecule has 0 bridgehead atoms. The van der Waals surface area contributed by atoms with Crippen LogP contribution >= 0.6 is 0 Å². The van der Waals surface area contributed by atoms with E-state index in [1.807, 2.05) is 6.07 Å². The van der Waals surface area contributed by atoms with Gasteiger partial charge >= 0.3 is 0 Å². The molecule has 1 aromatic heterocycles. The smallest absolute Gasteiger partial charge is 0.0456 e. The highest BCUT2D eigenvalue weighted by molar-refractivity contribution is 5.83. The molecule has 0 radical (unpaired) electrons. The fourth-order valence-corrected chi connectivity index (χ4v) is 1.69. The summed E-state index contributed by atoms with van der Waals surface area (Å²) < 4.78 is 0. The Bertz CT molecular complexity index is 473. The number of para-hydroxylation sites is 1. The van der Waals surface area contributed by atoms with Crippen LogP contribution in [0.5, 0.6) is 0 Å². The SMILES string of the molecule is C#CC(C)Cc1c[nH]c2ccccc12. The number of rotatable bonds is 2. The van der Waals surface area contributed by atoms with E-state index in [0.29, 0.717) is 5.92 Å². The number of terminal acetylenes is 1. The predicted octanol–water partition coefficient (Wildman–Crippen LogP) is 2.98. The van der Waals surface area contributed by atoms with Gasteiger partial charge < -0.3 is 4.98 Å². The van der Waals surface area contributed by atoms with E-state index in [4.69, 9.17) is 6.42 Å². The van der Waals surface area contributed by atoms with Gasteiger partial charge in [-0.2, -0.15) is 0 Å². The van der Waals surface area contributed by atoms with Gasteiger partial charge in [-0.25, -0.2) is 0 Å². The maximum atomic E-state index is 5.37. The van der Waals surface area contributed by atoms with Gasteiger partial charge in [-0.15, -0.1) is 12.3 Å². The number of fused-ring (bicyclic) bond motifs is 1. The average molecular weight is 183 g/mol. The summed E-state index contributed by atoms with van der Waals surface area (Å²) in [6, 6.07) is 8.30. The first-order chi connectivity index (χ1) is 6.81. The molecule has 0 spiro atoms. The first kappa shape index (κ1) is 8.90. The molecular formula is C13H13N. The lowest BCUT2D eigenvalue weighted by molar-refractivity contribution is 0.755. The van der Waals surface area contributed by atoms with Gasteiger partial charge in [0.05, 0.1) is 0 Å². The number of hydrogen-bond donors (Lipinski definition) is 1. The van der Waals surface area contributed by atoms with Crippen molar-refractivity contribution in [1.29, 1.82) is 0 Å². The Balaban J connectivity index is 2.39. The zero-order chi connectivity index (χ0) is 9.97. The molecule has 70 valence electrons. The molecule has 1 heterocycles. The van der Waals surface area contributed by atoms with Crippen molar-refractivity contribution in [3.8, 4) is 12.3 Å². The van der Waals surface area contributed by atoms with E-state index >= 15 is 0 Å².